The Morgan fingerprint density at radius 2 is 1.82 bits per heavy atom. The molecule has 5 heteroatoms. The monoisotopic (exact) mass is 432 g/mol. The van der Waals surface area contributed by atoms with Gasteiger partial charge in [0, 0.05) is 35.3 Å². The van der Waals surface area contributed by atoms with E-state index in [0.717, 1.165) is 40.4 Å². The summed E-state index contributed by atoms with van der Waals surface area (Å²) in [5.74, 6) is 0.217. The third kappa shape index (κ3) is 4.13. The Balaban J connectivity index is 2.22. The van der Waals surface area contributed by atoms with Crippen LogP contribution in [-0.2, 0) is 20.0 Å². The van der Waals surface area contributed by atoms with Gasteiger partial charge in [-0.15, -0.1) is 0 Å². The van der Waals surface area contributed by atoms with Gasteiger partial charge in [-0.05, 0) is 18.9 Å². The highest BCUT2D eigenvalue weighted by molar-refractivity contribution is 9.09. The Morgan fingerprint density at radius 1 is 1.09 bits per heavy atom. The Kier molecular flexibility index (Phi) is 7.41. The molecule has 0 saturated heterocycles. The number of ether oxygens (including phenoxy) is 3. The third-order valence-corrected chi connectivity index (χ3v) is 4.76. The van der Waals surface area contributed by atoms with Gasteiger partial charge in [0.05, 0.1) is 13.2 Å². The van der Waals surface area contributed by atoms with Gasteiger partial charge in [0.2, 0.25) is 0 Å². The highest BCUT2D eigenvalue weighted by Gasteiger charge is 2.38. The fourth-order valence-electron chi connectivity index (χ4n) is 2.53. The maximum atomic E-state index is 6.10. The molecule has 2 rings (SSSR count). The molecule has 122 valence electrons. The van der Waals surface area contributed by atoms with Crippen molar-refractivity contribution in [1.82, 2.24) is 0 Å². The molecule has 1 atom stereocenters. The maximum absolute atomic E-state index is 6.10. The van der Waals surface area contributed by atoms with Crippen LogP contribution in [-0.4, -0.2) is 31.0 Å². The minimum Gasteiger partial charge on any atom is -0.493 e. The summed E-state index contributed by atoms with van der Waals surface area (Å²) in [5.41, 5.74) is 2.10. The van der Waals surface area contributed by atoms with Crippen molar-refractivity contribution < 1.29 is 14.2 Å². The summed E-state index contributed by atoms with van der Waals surface area (Å²) in [6.45, 7) is 1.36. The van der Waals surface area contributed by atoms with Gasteiger partial charge < -0.3 is 14.2 Å². The Labute approximate surface area is 149 Å². The van der Waals surface area contributed by atoms with Crippen molar-refractivity contribution in [2.75, 3.05) is 31.0 Å². The van der Waals surface area contributed by atoms with Crippen molar-refractivity contribution in [3.05, 3.63) is 41.5 Å². The molecule has 3 nitrogen and oxygen atoms in total. The first-order chi connectivity index (χ1) is 10.8. The third-order valence-electron chi connectivity index (χ3n) is 3.64. The molecule has 1 aromatic rings. The lowest BCUT2D eigenvalue weighted by Gasteiger charge is -2.36. The lowest BCUT2D eigenvalue weighted by molar-refractivity contribution is -0.231. The second kappa shape index (κ2) is 9.06. The fraction of sp³-hybridized carbons (Fsp3) is 0.529. The summed E-state index contributed by atoms with van der Waals surface area (Å²) in [7, 11) is 1.70. The average Bonchev–Trinajstić information content (AvgIpc) is 2.57. The smallest absolute Gasteiger partial charge is 0.198 e. The number of hydrogen-bond acceptors (Lipinski definition) is 3. The molecule has 0 bridgehead atoms. The van der Waals surface area contributed by atoms with E-state index in [1.54, 1.807) is 7.11 Å². The van der Waals surface area contributed by atoms with Crippen LogP contribution in [0.1, 0.15) is 30.4 Å². The molecule has 0 saturated carbocycles. The van der Waals surface area contributed by atoms with Crippen molar-refractivity contribution >= 4 is 37.6 Å². The van der Waals surface area contributed by atoms with Crippen LogP contribution in [0.5, 0.6) is 0 Å². The molecule has 1 unspecified atom stereocenters. The molecule has 0 aromatic heterocycles. The molecule has 0 N–H and O–H groups in total. The van der Waals surface area contributed by atoms with Crippen LogP contribution in [0, 0.1) is 0 Å². The first kappa shape index (κ1) is 18.0. The zero-order valence-corrected chi connectivity index (χ0v) is 16.0. The quantitative estimate of drug-likeness (QED) is 0.317. The van der Waals surface area contributed by atoms with Gasteiger partial charge in [0.1, 0.15) is 5.76 Å². The standard InChI is InChI=1S/C17H22Br2O3/c1-20-17(22-13-5-11-19)9-8-16(21-12-4-10-18)14-6-2-3-7-15(14)17/h2-3,6-8H,4-5,9-13H2,1H3. The van der Waals surface area contributed by atoms with Crippen LogP contribution in [0.4, 0.5) is 0 Å². The van der Waals surface area contributed by atoms with E-state index >= 15 is 0 Å². The van der Waals surface area contributed by atoms with E-state index in [0.29, 0.717) is 19.6 Å². The Bertz CT molecular complexity index is 504. The number of benzene rings is 1. The highest BCUT2D eigenvalue weighted by atomic mass is 79.9. The fourth-order valence-corrected chi connectivity index (χ4v) is 2.99. The topological polar surface area (TPSA) is 27.7 Å². The predicted molar refractivity (Wildman–Crippen MR) is 96.4 cm³/mol. The number of halogens is 2. The van der Waals surface area contributed by atoms with E-state index in [4.69, 9.17) is 14.2 Å². The van der Waals surface area contributed by atoms with Crippen LogP contribution in [0.3, 0.4) is 0 Å². The number of alkyl halides is 2. The summed E-state index contributed by atoms with van der Waals surface area (Å²) < 4.78 is 17.8. The van der Waals surface area contributed by atoms with E-state index in [1.165, 1.54) is 0 Å². The predicted octanol–water partition coefficient (Wildman–Crippen LogP) is 4.83. The van der Waals surface area contributed by atoms with Crippen LogP contribution in [0.25, 0.3) is 5.76 Å². The SMILES string of the molecule is COC1(OCCCBr)CC=C(OCCCBr)c2ccccc21. The molecular weight excluding hydrogens is 412 g/mol. The molecule has 22 heavy (non-hydrogen) atoms. The van der Waals surface area contributed by atoms with Gasteiger partial charge in [0.15, 0.2) is 5.79 Å². The largest absolute Gasteiger partial charge is 0.493 e. The summed E-state index contributed by atoms with van der Waals surface area (Å²) in [5, 5.41) is 1.87. The average molecular weight is 434 g/mol. The molecule has 0 aliphatic heterocycles. The van der Waals surface area contributed by atoms with Gasteiger partial charge in [-0.25, -0.2) is 0 Å². The van der Waals surface area contributed by atoms with Gasteiger partial charge in [-0.2, -0.15) is 0 Å². The van der Waals surface area contributed by atoms with Crippen LogP contribution in [0.2, 0.25) is 0 Å². The Morgan fingerprint density at radius 3 is 2.55 bits per heavy atom. The van der Waals surface area contributed by atoms with Crippen LogP contribution < -0.4 is 0 Å². The molecular formula is C17H22Br2O3. The number of hydrogen-bond donors (Lipinski definition) is 0. The van der Waals surface area contributed by atoms with Crippen LogP contribution in [0.15, 0.2) is 30.3 Å². The van der Waals surface area contributed by atoms with Crippen molar-refractivity contribution in [3.8, 4) is 0 Å². The number of methoxy groups -OCH3 is 1. The molecule has 0 fully saturated rings. The van der Waals surface area contributed by atoms with Gasteiger partial charge in [-0.1, -0.05) is 56.1 Å². The second-order valence-electron chi connectivity index (χ2n) is 5.06. The normalized spacial score (nSPS) is 20.4. The molecule has 0 radical (unpaired) electrons. The minimum absolute atomic E-state index is 0.654. The van der Waals surface area contributed by atoms with Gasteiger partial charge in [-0.3, -0.25) is 0 Å². The first-order valence-electron chi connectivity index (χ1n) is 7.51. The lowest BCUT2D eigenvalue weighted by atomic mass is 9.90. The minimum atomic E-state index is -0.707. The Hall–Kier alpha value is -0.360. The van der Waals surface area contributed by atoms with Crippen LogP contribution >= 0.6 is 31.9 Å². The van der Waals surface area contributed by atoms with Crippen molar-refractivity contribution in [3.63, 3.8) is 0 Å². The summed E-state index contributed by atoms with van der Waals surface area (Å²) in [4.78, 5) is 0. The zero-order valence-electron chi connectivity index (χ0n) is 12.8. The van der Waals surface area contributed by atoms with E-state index in [-0.39, 0.29) is 0 Å². The molecule has 0 spiro atoms. The van der Waals surface area contributed by atoms with Crippen molar-refractivity contribution in [2.24, 2.45) is 0 Å². The molecule has 0 amide bonds. The summed E-state index contributed by atoms with van der Waals surface area (Å²) in [6, 6.07) is 8.16. The van der Waals surface area contributed by atoms with E-state index < -0.39 is 5.79 Å². The molecule has 0 heterocycles. The molecule has 1 aliphatic rings. The first-order valence-corrected chi connectivity index (χ1v) is 9.75. The van der Waals surface area contributed by atoms with E-state index in [1.807, 2.05) is 12.1 Å². The van der Waals surface area contributed by atoms with E-state index in [2.05, 4.69) is 50.1 Å². The van der Waals surface area contributed by atoms with E-state index in [9.17, 15) is 0 Å². The maximum Gasteiger partial charge on any atom is 0.198 e. The van der Waals surface area contributed by atoms with Gasteiger partial charge >= 0.3 is 0 Å². The number of fused-ring (bicyclic) bond motifs is 1. The summed E-state index contributed by atoms with van der Waals surface area (Å²) in [6.07, 6.45) is 4.67. The zero-order chi connectivity index (χ0) is 15.8. The molecule has 1 aromatic carbocycles. The van der Waals surface area contributed by atoms with Crippen molar-refractivity contribution in [2.45, 2.75) is 25.0 Å². The lowest BCUT2D eigenvalue weighted by Crippen LogP contribution is -2.35. The second-order valence-corrected chi connectivity index (χ2v) is 6.64. The summed E-state index contributed by atoms with van der Waals surface area (Å²) >= 11 is 6.86. The van der Waals surface area contributed by atoms with Gasteiger partial charge in [0.25, 0.3) is 0 Å². The number of rotatable bonds is 9. The molecule has 1 aliphatic carbocycles. The van der Waals surface area contributed by atoms with Crippen molar-refractivity contribution in [1.29, 1.82) is 0 Å². The highest BCUT2D eigenvalue weighted by Crippen LogP contribution is 2.41.